The lowest BCUT2D eigenvalue weighted by Gasteiger charge is -2.20. The van der Waals surface area contributed by atoms with Gasteiger partial charge in [-0.15, -0.1) is 0 Å². The second-order valence-corrected chi connectivity index (χ2v) is 11.2. The third kappa shape index (κ3) is 5.25. The van der Waals surface area contributed by atoms with Crippen LogP contribution < -0.4 is 14.8 Å². The van der Waals surface area contributed by atoms with Crippen LogP contribution in [0.1, 0.15) is 28.4 Å². The monoisotopic (exact) mass is 638 g/mol. The lowest BCUT2D eigenvalue weighted by Crippen LogP contribution is -2.21. The first-order valence-electron chi connectivity index (χ1n) is 14.9. The molecule has 236 valence electrons. The van der Waals surface area contributed by atoms with Gasteiger partial charge in [-0.25, -0.2) is 9.59 Å². The van der Waals surface area contributed by atoms with Gasteiger partial charge in [0.1, 0.15) is 16.9 Å². The maximum atomic E-state index is 13.6. The van der Waals surface area contributed by atoms with Crippen molar-refractivity contribution in [1.82, 2.24) is 0 Å². The van der Waals surface area contributed by atoms with Gasteiger partial charge in [-0.2, -0.15) is 0 Å². The van der Waals surface area contributed by atoms with Crippen LogP contribution in [-0.4, -0.2) is 39.3 Å². The summed E-state index contributed by atoms with van der Waals surface area (Å²) in [5.74, 6) is -4.71. The molecule has 1 aliphatic carbocycles. The van der Waals surface area contributed by atoms with Gasteiger partial charge in [0.15, 0.2) is 23.0 Å². The molecule has 48 heavy (non-hydrogen) atoms. The van der Waals surface area contributed by atoms with Gasteiger partial charge < -0.3 is 30.1 Å². The molecule has 0 spiro atoms. The van der Waals surface area contributed by atoms with E-state index in [-0.39, 0.29) is 39.4 Å². The Labute approximate surface area is 273 Å². The van der Waals surface area contributed by atoms with E-state index in [4.69, 9.17) is 9.47 Å². The van der Waals surface area contributed by atoms with Crippen molar-refractivity contribution in [1.29, 1.82) is 0 Å². The number of carbonyl (C=O) groups is 3. The Bertz CT molecular complexity index is 2350. The van der Waals surface area contributed by atoms with Crippen LogP contribution in [0.3, 0.4) is 0 Å². The molecule has 5 aromatic carbocycles. The number of aromatic carboxylic acids is 1. The van der Waals surface area contributed by atoms with Gasteiger partial charge in [0.05, 0.1) is 29.0 Å². The summed E-state index contributed by atoms with van der Waals surface area (Å²) in [4.78, 5) is 44.1. The molecule has 5 aromatic rings. The molecule has 0 fully saturated rings. The van der Waals surface area contributed by atoms with Crippen molar-refractivity contribution in [3.05, 3.63) is 136 Å². The average Bonchev–Trinajstić information content (AvgIpc) is 3.23. The molecule has 0 saturated heterocycles. The topological polar surface area (TPSA) is 155 Å². The SMILES string of the molecule is CC1=CC(=O)/C(=C\Nc2ccc3ccccc3c2)C2=C1C(=O)Oc1c(CO)c(O)c(C(=O)O)c(C=Nc3ccc4ccccc4c3)c1O2. The molecule has 0 unspecified atom stereocenters. The highest BCUT2D eigenvalue weighted by atomic mass is 16.6. The molecule has 1 heterocycles. The van der Waals surface area contributed by atoms with Crippen molar-refractivity contribution in [3.8, 4) is 17.2 Å². The number of nitrogens with zero attached hydrogens (tertiary/aromatic N) is 1. The summed E-state index contributed by atoms with van der Waals surface area (Å²) in [5, 5.41) is 38.4. The Morgan fingerprint density at radius 1 is 0.875 bits per heavy atom. The Hall–Kier alpha value is -6.52. The summed E-state index contributed by atoms with van der Waals surface area (Å²) in [5.41, 5.74) is -0.0391. The summed E-state index contributed by atoms with van der Waals surface area (Å²) in [7, 11) is 0. The van der Waals surface area contributed by atoms with Crippen LogP contribution in [0.15, 0.2) is 125 Å². The highest BCUT2D eigenvalue weighted by molar-refractivity contribution is 6.15. The largest absolute Gasteiger partial charge is 0.506 e. The van der Waals surface area contributed by atoms with Gasteiger partial charge >= 0.3 is 11.9 Å². The second-order valence-electron chi connectivity index (χ2n) is 11.2. The molecule has 0 aromatic heterocycles. The number of carbonyl (C=O) groups excluding carboxylic acids is 2. The van der Waals surface area contributed by atoms with Crippen LogP contribution in [-0.2, 0) is 16.2 Å². The molecule has 0 saturated carbocycles. The third-order valence-corrected chi connectivity index (χ3v) is 8.18. The Morgan fingerprint density at radius 3 is 2.23 bits per heavy atom. The van der Waals surface area contributed by atoms with Gasteiger partial charge in [-0.05, 0) is 64.4 Å². The van der Waals surface area contributed by atoms with Crippen LogP contribution in [0, 0.1) is 0 Å². The summed E-state index contributed by atoms with van der Waals surface area (Å²) in [6, 6.07) is 26.4. The minimum Gasteiger partial charge on any atom is -0.506 e. The number of esters is 1. The van der Waals surface area contributed by atoms with E-state index in [9.17, 15) is 29.7 Å². The van der Waals surface area contributed by atoms with Crippen molar-refractivity contribution >= 4 is 56.9 Å². The maximum absolute atomic E-state index is 13.6. The number of aliphatic hydroxyl groups excluding tert-OH is 1. The Kier molecular flexibility index (Phi) is 7.54. The standard InChI is InChI=1S/C38H26N2O8/c1-20-14-30(42)27(17-39-25-12-10-21-6-2-4-8-23(21)15-25)34-31(20)38(46)48-36-29(19-41)33(43)32(37(44)45)28(35(36)47-34)18-40-26-13-11-22-7-3-5-9-24(22)16-26/h2-18,39,41,43H,19H2,1H3,(H,44,45)/b27-17+,40-18?. The number of aliphatic imine (C=N–C) groups is 1. The number of allylic oxidation sites excluding steroid dienone is 2. The van der Waals surface area contributed by atoms with E-state index in [2.05, 4.69) is 10.3 Å². The summed E-state index contributed by atoms with van der Waals surface area (Å²) in [6.45, 7) is 0.647. The number of phenols is 1. The quantitative estimate of drug-likeness (QED) is 0.0687. The van der Waals surface area contributed by atoms with Gasteiger partial charge in [0.2, 0.25) is 0 Å². The number of nitrogens with one attached hydrogen (secondary N) is 1. The van der Waals surface area contributed by atoms with Gasteiger partial charge in [0.25, 0.3) is 0 Å². The van der Waals surface area contributed by atoms with E-state index in [1.165, 1.54) is 25.4 Å². The number of aromatic hydroxyl groups is 1. The zero-order valence-electron chi connectivity index (χ0n) is 25.4. The predicted molar refractivity (Wildman–Crippen MR) is 180 cm³/mol. The molecule has 2 aliphatic rings. The average molecular weight is 639 g/mol. The number of aliphatic hydroxyl groups is 1. The number of hydrogen-bond acceptors (Lipinski definition) is 9. The first-order chi connectivity index (χ1) is 23.2. The minimum atomic E-state index is -1.55. The van der Waals surface area contributed by atoms with Crippen LogP contribution in [0.5, 0.6) is 17.2 Å². The molecule has 0 bridgehead atoms. The Morgan fingerprint density at radius 2 is 1.54 bits per heavy atom. The Balaban J connectivity index is 1.38. The molecule has 1 aliphatic heterocycles. The van der Waals surface area contributed by atoms with Crippen LogP contribution >= 0.6 is 0 Å². The molecule has 0 radical (unpaired) electrons. The van der Waals surface area contributed by atoms with Gasteiger partial charge in [-0.1, -0.05) is 60.7 Å². The fraction of sp³-hybridized carbons (Fsp3) is 0.0526. The highest BCUT2D eigenvalue weighted by Crippen LogP contribution is 2.48. The molecular weight excluding hydrogens is 612 g/mol. The van der Waals surface area contributed by atoms with E-state index in [1.54, 1.807) is 12.1 Å². The lowest BCUT2D eigenvalue weighted by atomic mass is 9.93. The first kappa shape index (κ1) is 30.2. The normalized spacial score (nSPS) is 15.2. The van der Waals surface area contributed by atoms with Crippen molar-refractivity contribution in [2.24, 2.45) is 4.99 Å². The summed E-state index contributed by atoms with van der Waals surface area (Å²) < 4.78 is 12.0. The summed E-state index contributed by atoms with van der Waals surface area (Å²) >= 11 is 0. The fourth-order valence-corrected chi connectivity index (χ4v) is 5.80. The third-order valence-electron chi connectivity index (χ3n) is 8.18. The van der Waals surface area contributed by atoms with E-state index in [1.807, 2.05) is 72.8 Å². The molecule has 7 rings (SSSR count). The number of benzene rings is 5. The fourth-order valence-electron chi connectivity index (χ4n) is 5.80. The number of carboxylic acid groups (broad SMARTS) is 1. The number of fused-ring (bicyclic) bond motifs is 3. The number of hydrogen-bond donors (Lipinski definition) is 4. The molecular formula is C38H26N2O8. The molecule has 0 atom stereocenters. The lowest BCUT2D eigenvalue weighted by molar-refractivity contribution is -0.129. The van der Waals surface area contributed by atoms with Crippen molar-refractivity contribution < 1.29 is 39.2 Å². The predicted octanol–water partition coefficient (Wildman–Crippen LogP) is 6.72. The number of anilines is 1. The minimum absolute atomic E-state index is 0.0403. The number of ether oxygens (including phenoxy) is 2. The molecule has 4 N–H and O–H groups in total. The van der Waals surface area contributed by atoms with Crippen molar-refractivity contribution in [2.75, 3.05) is 5.32 Å². The maximum Gasteiger partial charge on any atom is 0.347 e. The van der Waals surface area contributed by atoms with E-state index < -0.39 is 41.4 Å². The number of rotatable bonds is 6. The zero-order valence-corrected chi connectivity index (χ0v) is 25.4. The number of ketones is 1. The number of carboxylic acids is 1. The van der Waals surface area contributed by atoms with Crippen molar-refractivity contribution in [3.63, 3.8) is 0 Å². The molecule has 0 amide bonds. The van der Waals surface area contributed by atoms with E-state index in [0.717, 1.165) is 21.5 Å². The van der Waals surface area contributed by atoms with Gasteiger partial charge in [-0.3, -0.25) is 9.79 Å². The summed E-state index contributed by atoms with van der Waals surface area (Å²) in [6.07, 6.45) is 3.84. The zero-order chi connectivity index (χ0) is 33.5. The highest BCUT2D eigenvalue weighted by Gasteiger charge is 2.39. The molecule has 10 heteroatoms. The second kappa shape index (κ2) is 12.0. The first-order valence-corrected chi connectivity index (χ1v) is 14.9. The van der Waals surface area contributed by atoms with Crippen LogP contribution in [0.25, 0.3) is 21.5 Å². The smallest absolute Gasteiger partial charge is 0.347 e. The van der Waals surface area contributed by atoms with Crippen LogP contribution in [0.2, 0.25) is 0 Å². The van der Waals surface area contributed by atoms with Gasteiger partial charge in [0, 0.05) is 18.1 Å². The van der Waals surface area contributed by atoms with Crippen LogP contribution in [0.4, 0.5) is 11.4 Å². The van der Waals surface area contributed by atoms with E-state index >= 15 is 0 Å². The molecule has 10 nitrogen and oxygen atoms in total. The van der Waals surface area contributed by atoms with E-state index in [0.29, 0.717) is 11.4 Å². The van der Waals surface area contributed by atoms with Crippen molar-refractivity contribution in [2.45, 2.75) is 13.5 Å².